The average molecular weight is 150 g/mol. The molecular formula is C9H7FO. The molecule has 56 valence electrons. The van der Waals surface area contributed by atoms with Crippen molar-refractivity contribution in [1.82, 2.24) is 0 Å². The summed E-state index contributed by atoms with van der Waals surface area (Å²) in [5, 5.41) is 0.948. The summed E-state index contributed by atoms with van der Waals surface area (Å²) < 4.78 is 18.0. The molecule has 0 unspecified atom stereocenters. The average Bonchev–Trinajstić information content (AvgIpc) is 2.45. The lowest BCUT2D eigenvalue weighted by molar-refractivity contribution is 0.590. The number of benzene rings is 1. The molecule has 1 aromatic heterocycles. The molecule has 0 bridgehead atoms. The van der Waals surface area contributed by atoms with E-state index in [1.165, 1.54) is 6.07 Å². The van der Waals surface area contributed by atoms with Crippen LogP contribution in [0, 0.1) is 12.7 Å². The summed E-state index contributed by atoms with van der Waals surface area (Å²) in [5.74, 6) is -0.215. The van der Waals surface area contributed by atoms with E-state index in [1.807, 2.05) is 6.07 Å². The Morgan fingerprint density at radius 1 is 1.27 bits per heavy atom. The number of aryl methyl sites for hydroxylation is 1. The molecule has 0 aliphatic rings. The van der Waals surface area contributed by atoms with Crippen molar-refractivity contribution in [3.63, 3.8) is 0 Å². The Balaban J connectivity index is 2.93. The second-order valence-corrected chi connectivity index (χ2v) is 2.51. The van der Waals surface area contributed by atoms with Crippen LogP contribution in [-0.2, 0) is 0 Å². The van der Waals surface area contributed by atoms with E-state index >= 15 is 0 Å². The van der Waals surface area contributed by atoms with E-state index in [-0.39, 0.29) is 5.82 Å². The van der Waals surface area contributed by atoms with Gasteiger partial charge in [-0.1, -0.05) is 0 Å². The highest BCUT2D eigenvalue weighted by Crippen LogP contribution is 2.21. The highest BCUT2D eigenvalue weighted by Gasteiger charge is 2.04. The van der Waals surface area contributed by atoms with Crippen molar-refractivity contribution in [2.24, 2.45) is 0 Å². The molecule has 0 radical (unpaired) electrons. The zero-order valence-electron chi connectivity index (χ0n) is 6.10. The molecule has 2 rings (SSSR count). The number of hydrogen-bond acceptors (Lipinski definition) is 1. The van der Waals surface area contributed by atoms with E-state index in [0.717, 1.165) is 5.39 Å². The number of halogens is 1. The predicted octanol–water partition coefficient (Wildman–Crippen LogP) is 2.88. The lowest BCUT2D eigenvalue weighted by Crippen LogP contribution is -1.80. The van der Waals surface area contributed by atoms with Gasteiger partial charge in [-0.15, -0.1) is 0 Å². The Morgan fingerprint density at radius 2 is 2.09 bits per heavy atom. The first-order chi connectivity index (χ1) is 5.29. The van der Waals surface area contributed by atoms with Gasteiger partial charge in [0.2, 0.25) is 0 Å². The van der Waals surface area contributed by atoms with Gasteiger partial charge in [-0.25, -0.2) is 4.39 Å². The molecule has 0 amide bonds. The topological polar surface area (TPSA) is 13.1 Å². The first-order valence-electron chi connectivity index (χ1n) is 3.41. The van der Waals surface area contributed by atoms with Gasteiger partial charge in [-0.3, -0.25) is 0 Å². The minimum Gasteiger partial charge on any atom is -0.464 e. The minimum absolute atomic E-state index is 0.215. The predicted molar refractivity (Wildman–Crippen MR) is 40.9 cm³/mol. The van der Waals surface area contributed by atoms with Crippen LogP contribution in [0.25, 0.3) is 11.0 Å². The zero-order chi connectivity index (χ0) is 7.84. The summed E-state index contributed by atoms with van der Waals surface area (Å²) in [7, 11) is 0. The SMILES string of the molecule is Cc1c(F)ccc2ccoc12. The lowest BCUT2D eigenvalue weighted by Gasteiger charge is -1.94. The smallest absolute Gasteiger partial charge is 0.139 e. The van der Waals surface area contributed by atoms with Gasteiger partial charge in [-0.2, -0.15) is 0 Å². The highest BCUT2D eigenvalue weighted by molar-refractivity contribution is 5.80. The first-order valence-corrected chi connectivity index (χ1v) is 3.41. The summed E-state index contributed by atoms with van der Waals surface area (Å²) in [6.45, 7) is 1.71. The maximum absolute atomic E-state index is 12.9. The standard InChI is InChI=1S/C9H7FO/c1-6-8(10)3-2-7-4-5-11-9(6)7/h2-5H,1H3. The van der Waals surface area contributed by atoms with Gasteiger partial charge in [-0.05, 0) is 25.1 Å². The number of rotatable bonds is 0. The van der Waals surface area contributed by atoms with Crippen LogP contribution in [0.1, 0.15) is 5.56 Å². The molecule has 1 nitrogen and oxygen atoms in total. The van der Waals surface area contributed by atoms with Crippen LogP contribution in [0.3, 0.4) is 0 Å². The minimum atomic E-state index is -0.215. The zero-order valence-corrected chi connectivity index (χ0v) is 6.10. The number of hydrogen-bond donors (Lipinski definition) is 0. The fourth-order valence-electron chi connectivity index (χ4n) is 1.15. The van der Waals surface area contributed by atoms with Crippen LogP contribution < -0.4 is 0 Å². The lowest BCUT2D eigenvalue weighted by atomic mass is 10.2. The Labute approximate surface area is 63.4 Å². The maximum atomic E-state index is 12.9. The molecule has 0 spiro atoms. The van der Waals surface area contributed by atoms with Gasteiger partial charge >= 0.3 is 0 Å². The molecule has 1 heterocycles. The molecule has 2 heteroatoms. The Morgan fingerprint density at radius 3 is 2.91 bits per heavy atom. The van der Waals surface area contributed by atoms with Crippen LogP contribution in [-0.4, -0.2) is 0 Å². The van der Waals surface area contributed by atoms with E-state index in [4.69, 9.17) is 4.42 Å². The molecule has 0 N–H and O–H groups in total. The fourth-order valence-corrected chi connectivity index (χ4v) is 1.15. The molecule has 0 saturated heterocycles. The molecule has 11 heavy (non-hydrogen) atoms. The van der Waals surface area contributed by atoms with Crippen LogP contribution in [0.4, 0.5) is 4.39 Å². The number of fused-ring (bicyclic) bond motifs is 1. The highest BCUT2D eigenvalue weighted by atomic mass is 19.1. The van der Waals surface area contributed by atoms with Gasteiger partial charge in [0.05, 0.1) is 6.26 Å². The van der Waals surface area contributed by atoms with Crippen molar-refractivity contribution in [2.45, 2.75) is 6.92 Å². The van der Waals surface area contributed by atoms with Gasteiger partial charge in [0, 0.05) is 10.9 Å². The first kappa shape index (κ1) is 6.40. The summed E-state index contributed by atoms with van der Waals surface area (Å²) >= 11 is 0. The van der Waals surface area contributed by atoms with Gasteiger partial charge in [0.1, 0.15) is 11.4 Å². The van der Waals surface area contributed by atoms with E-state index in [1.54, 1.807) is 19.3 Å². The van der Waals surface area contributed by atoms with Crippen molar-refractivity contribution in [2.75, 3.05) is 0 Å². The molecule has 0 saturated carbocycles. The molecule has 2 aromatic rings. The molecule has 0 fully saturated rings. The van der Waals surface area contributed by atoms with E-state index in [2.05, 4.69) is 0 Å². The second-order valence-electron chi connectivity index (χ2n) is 2.51. The summed E-state index contributed by atoms with van der Waals surface area (Å²) in [4.78, 5) is 0. The summed E-state index contributed by atoms with van der Waals surface area (Å²) in [6, 6.07) is 4.98. The number of furan rings is 1. The van der Waals surface area contributed by atoms with Crippen molar-refractivity contribution >= 4 is 11.0 Å². The molecule has 0 aliphatic carbocycles. The fraction of sp³-hybridized carbons (Fsp3) is 0.111. The molecule has 0 atom stereocenters. The van der Waals surface area contributed by atoms with E-state index < -0.39 is 0 Å². The third kappa shape index (κ3) is 0.827. The third-order valence-electron chi connectivity index (χ3n) is 1.80. The van der Waals surface area contributed by atoms with Gasteiger partial charge < -0.3 is 4.42 Å². The quantitative estimate of drug-likeness (QED) is 0.562. The molecular weight excluding hydrogens is 143 g/mol. The summed E-state index contributed by atoms with van der Waals surface area (Å²) in [6.07, 6.45) is 1.57. The van der Waals surface area contributed by atoms with Crippen LogP contribution in [0.2, 0.25) is 0 Å². The Kier molecular flexibility index (Phi) is 1.22. The Hall–Kier alpha value is -1.31. The van der Waals surface area contributed by atoms with Crippen molar-refractivity contribution in [1.29, 1.82) is 0 Å². The largest absolute Gasteiger partial charge is 0.464 e. The van der Waals surface area contributed by atoms with Crippen LogP contribution in [0.15, 0.2) is 28.9 Å². The Bertz CT molecular complexity index is 389. The summed E-state index contributed by atoms with van der Waals surface area (Å²) in [5.41, 5.74) is 1.22. The molecule has 1 aromatic carbocycles. The van der Waals surface area contributed by atoms with E-state index in [0.29, 0.717) is 11.1 Å². The molecule has 0 aliphatic heterocycles. The van der Waals surface area contributed by atoms with Crippen molar-refractivity contribution < 1.29 is 8.81 Å². The monoisotopic (exact) mass is 150 g/mol. The van der Waals surface area contributed by atoms with Gasteiger partial charge in [0.25, 0.3) is 0 Å². The van der Waals surface area contributed by atoms with Gasteiger partial charge in [0.15, 0.2) is 0 Å². The third-order valence-corrected chi connectivity index (χ3v) is 1.80. The normalized spacial score (nSPS) is 10.7. The van der Waals surface area contributed by atoms with E-state index in [9.17, 15) is 4.39 Å². The van der Waals surface area contributed by atoms with Crippen LogP contribution >= 0.6 is 0 Å². The maximum Gasteiger partial charge on any atom is 0.139 e. The van der Waals surface area contributed by atoms with Crippen molar-refractivity contribution in [3.8, 4) is 0 Å². The van der Waals surface area contributed by atoms with Crippen molar-refractivity contribution in [3.05, 3.63) is 35.8 Å². The second kappa shape index (κ2) is 2.09. The van der Waals surface area contributed by atoms with Crippen LogP contribution in [0.5, 0.6) is 0 Å².